The molecule has 6 N–H and O–H groups in total. The summed E-state index contributed by atoms with van der Waals surface area (Å²) in [6.07, 6.45) is 8.17. The van der Waals surface area contributed by atoms with Crippen LogP contribution in [0.3, 0.4) is 0 Å². The summed E-state index contributed by atoms with van der Waals surface area (Å²) in [5, 5.41) is 42.4. The number of nitrogens with one attached hydrogen (secondary N) is 2. The average molecular weight is 582 g/mol. The number of rotatable bonds is 24. The van der Waals surface area contributed by atoms with Crippen LogP contribution in [0.25, 0.3) is 0 Å². The van der Waals surface area contributed by atoms with E-state index in [0.717, 1.165) is 18.4 Å². The number of carboxylic acid groups (broad SMARTS) is 4. The Balaban J connectivity index is 2.79. The van der Waals surface area contributed by atoms with Gasteiger partial charge in [0.25, 0.3) is 0 Å². The molecule has 0 fully saturated rings. The van der Waals surface area contributed by atoms with Crippen molar-refractivity contribution in [3.63, 3.8) is 0 Å². The van der Waals surface area contributed by atoms with E-state index in [1.807, 2.05) is 12.1 Å². The Morgan fingerprint density at radius 1 is 0.756 bits per heavy atom. The fourth-order valence-corrected chi connectivity index (χ4v) is 4.60. The molecule has 0 bridgehead atoms. The van der Waals surface area contributed by atoms with Gasteiger partial charge in [0.15, 0.2) is 13.1 Å². The zero-order valence-corrected chi connectivity index (χ0v) is 23.8. The lowest BCUT2D eigenvalue weighted by molar-refractivity contribution is -0.912. The molecular formula is C28H45N4O9+. The number of hydrogen-bond donors (Lipinski definition) is 6. The molecule has 0 saturated carbocycles. The van der Waals surface area contributed by atoms with E-state index in [0.29, 0.717) is 5.69 Å². The van der Waals surface area contributed by atoms with Gasteiger partial charge in [-0.1, -0.05) is 51.2 Å². The molecule has 0 radical (unpaired) electrons. The van der Waals surface area contributed by atoms with Gasteiger partial charge in [-0.3, -0.25) is 19.3 Å². The highest BCUT2D eigenvalue weighted by molar-refractivity contribution is 5.92. The van der Waals surface area contributed by atoms with Crippen molar-refractivity contribution in [2.75, 3.05) is 64.2 Å². The van der Waals surface area contributed by atoms with E-state index in [-0.39, 0.29) is 39.3 Å². The fourth-order valence-electron chi connectivity index (χ4n) is 4.60. The third-order valence-corrected chi connectivity index (χ3v) is 6.65. The van der Waals surface area contributed by atoms with Crippen LogP contribution in [0, 0.1) is 0 Å². The predicted molar refractivity (Wildman–Crippen MR) is 152 cm³/mol. The number of amides is 1. The van der Waals surface area contributed by atoms with Crippen molar-refractivity contribution in [2.24, 2.45) is 0 Å². The van der Waals surface area contributed by atoms with Crippen LogP contribution in [0.5, 0.6) is 0 Å². The van der Waals surface area contributed by atoms with Gasteiger partial charge in [0.05, 0.1) is 32.7 Å². The van der Waals surface area contributed by atoms with E-state index in [1.165, 1.54) is 37.0 Å². The third-order valence-electron chi connectivity index (χ3n) is 6.65. The molecule has 0 aliphatic heterocycles. The van der Waals surface area contributed by atoms with E-state index in [4.69, 9.17) is 5.11 Å². The van der Waals surface area contributed by atoms with Gasteiger partial charge in [-0.15, -0.1) is 0 Å². The second-order valence-electron chi connectivity index (χ2n) is 10.3. The number of aliphatic carboxylic acids is 4. The van der Waals surface area contributed by atoms with Crippen molar-refractivity contribution in [1.29, 1.82) is 0 Å². The molecular weight excluding hydrogens is 536 g/mol. The highest BCUT2D eigenvalue weighted by Crippen LogP contribution is 2.14. The Morgan fingerprint density at radius 3 is 1.93 bits per heavy atom. The Labute approximate surface area is 240 Å². The summed E-state index contributed by atoms with van der Waals surface area (Å²) in [6.45, 7) is -0.302. The molecule has 41 heavy (non-hydrogen) atoms. The molecule has 0 spiro atoms. The van der Waals surface area contributed by atoms with Crippen molar-refractivity contribution in [1.82, 2.24) is 10.2 Å². The number of carboxylic acids is 4. The molecule has 0 atom stereocenters. The number of carbonyl (C=O) groups excluding carboxylic acids is 1. The minimum Gasteiger partial charge on any atom is -0.480 e. The number of hydrogen-bond acceptors (Lipinski definition) is 7. The lowest BCUT2D eigenvalue weighted by Crippen LogP contribution is -2.59. The van der Waals surface area contributed by atoms with Gasteiger partial charge >= 0.3 is 23.9 Å². The summed E-state index contributed by atoms with van der Waals surface area (Å²) in [7, 11) is 0. The first-order chi connectivity index (χ1) is 19.4. The lowest BCUT2D eigenvalue weighted by Gasteiger charge is -2.37. The van der Waals surface area contributed by atoms with Gasteiger partial charge < -0.3 is 35.5 Å². The maximum atomic E-state index is 12.7. The molecule has 13 heteroatoms. The summed E-state index contributed by atoms with van der Waals surface area (Å²) in [4.78, 5) is 59.5. The van der Waals surface area contributed by atoms with Crippen molar-refractivity contribution in [3.8, 4) is 0 Å². The number of quaternary nitrogens is 1. The van der Waals surface area contributed by atoms with E-state index < -0.39 is 53.9 Å². The average Bonchev–Trinajstić information content (AvgIpc) is 2.87. The Morgan fingerprint density at radius 2 is 1.37 bits per heavy atom. The molecule has 13 nitrogen and oxygen atoms in total. The van der Waals surface area contributed by atoms with Gasteiger partial charge in [-0.2, -0.15) is 0 Å². The van der Waals surface area contributed by atoms with E-state index in [1.54, 1.807) is 12.1 Å². The molecule has 1 aromatic carbocycles. The molecule has 1 rings (SSSR count). The Bertz CT molecular complexity index is 969. The Hall–Kier alpha value is -3.55. The van der Waals surface area contributed by atoms with Crippen LogP contribution in [-0.2, 0) is 30.4 Å². The normalized spacial score (nSPS) is 11.4. The van der Waals surface area contributed by atoms with Crippen LogP contribution >= 0.6 is 0 Å². The first-order valence-electron chi connectivity index (χ1n) is 14.0. The first kappa shape index (κ1) is 35.5. The van der Waals surface area contributed by atoms with Crippen LogP contribution in [0.2, 0.25) is 0 Å². The highest BCUT2D eigenvalue weighted by atomic mass is 16.4. The zero-order chi connectivity index (χ0) is 30.7. The van der Waals surface area contributed by atoms with Crippen LogP contribution in [0.15, 0.2) is 24.3 Å². The number of benzene rings is 1. The summed E-state index contributed by atoms with van der Waals surface area (Å²) in [6, 6.07) is 7.46. The second kappa shape index (κ2) is 19.5. The molecule has 0 aliphatic carbocycles. The third kappa shape index (κ3) is 17.0. The minimum absolute atomic E-state index is 0.0237. The molecule has 0 aromatic heterocycles. The molecule has 0 aliphatic rings. The van der Waals surface area contributed by atoms with Crippen molar-refractivity contribution >= 4 is 35.5 Å². The smallest absolute Gasteiger partial charge is 0.359 e. The van der Waals surface area contributed by atoms with Gasteiger partial charge in [-0.25, -0.2) is 9.59 Å². The summed E-state index contributed by atoms with van der Waals surface area (Å²) < 4.78 is -0.463. The standard InChI is InChI=1S/C28H44N4O9/c1-2-3-4-5-6-7-8-22-9-11-23(12-10-22)30-24(33)18-31(19-26(36)37)14-16-32(20-27(38)39,21-28(40)41)15-13-29-17-25(34)35/h9-12,29H,2-8,13-21H2,1H3,(H4-,30,33,34,35,36,37,38,39,40,41)/p+1. The molecule has 1 amide bonds. The van der Waals surface area contributed by atoms with Crippen molar-refractivity contribution in [2.45, 2.75) is 51.9 Å². The quantitative estimate of drug-likeness (QED) is 0.0766. The summed E-state index contributed by atoms with van der Waals surface area (Å²) in [5.74, 6) is -5.30. The largest absolute Gasteiger partial charge is 0.480 e. The predicted octanol–water partition coefficient (Wildman–Crippen LogP) is 1.57. The highest BCUT2D eigenvalue weighted by Gasteiger charge is 2.34. The molecule has 1 aromatic rings. The van der Waals surface area contributed by atoms with Crippen molar-refractivity contribution < 1.29 is 48.9 Å². The maximum absolute atomic E-state index is 12.7. The second-order valence-corrected chi connectivity index (χ2v) is 10.3. The topological polar surface area (TPSA) is 194 Å². The van der Waals surface area contributed by atoms with Crippen LogP contribution in [0.1, 0.15) is 51.0 Å². The summed E-state index contributed by atoms with van der Waals surface area (Å²) >= 11 is 0. The maximum Gasteiger partial charge on any atom is 0.359 e. The van der Waals surface area contributed by atoms with E-state index in [9.17, 15) is 39.3 Å². The zero-order valence-electron chi connectivity index (χ0n) is 23.8. The number of aryl methyl sites for hydroxylation is 1. The molecule has 0 unspecified atom stereocenters. The van der Waals surface area contributed by atoms with Gasteiger partial charge in [0, 0.05) is 18.8 Å². The first-order valence-corrected chi connectivity index (χ1v) is 14.0. The lowest BCUT2D eigenvalue weighted by atomic mass is 10.0. The number of carbonyl (C=O) groups is 5. The molecule has 230 valence electrons. The van der Waals surface area contributed by atoms with Crippen LogP contribution < -0.4 is 10.6 Å². The number of unbranched alkanes of at least 4 members (excludes halogenated alkanes) is 5. The van der Waals surface area contributed by atoms with E-state index in [2.05, 4.69) is 17.6 Å². The number of anilines is 1. The van der Waals surface area contributed by atoms with Crippen LogP contribution in [-0.4, -0.2) is 118 Å². The SMILES string of the molecule is CCCCCCCCc1ccc(NC(=O)CN(CC[N+](CCNCC(=O)O)(CC(=O)O)CC(=O)O)CC(=O)O)cc1. The van der Waals surface area contributed by atoms with Gasteiger partial charge in [0.2, 0.25) is 5.91 Å². The summed E-state index contributed by atoms with van der Waals surface area (Å²) in [5.41, 5.74) is 1.72. The van der Waals surface area contributed by atoms with Crippen molar-refractivity contribution in [3.05, 3.63) is 29.8 Å². The van der Waals surface area contributed by atoms with E-state index >= 15 is 0 Å². The Kier molecular flexibility index (Phi) is 16.9. The molecule has 0 heterocycles. The number of nitrogens with zero attached hydrogens (tertiary/aromatic N) is 2. The van der Waals surface area contributed by atoms with Crippen LogP contribution in [0.4, 0.5) is 5.69 Å². The fraction of sp³-hybridized carbons (Fsp3) is 0.607. The minimum atomic E-state index is -1.26. The van der Waals surface area contributed by atoms with Gasteiger partial charge in [0.1, 0.15) is 0 Å². The van der Waals surface area contributed by atoms with Gasteiger partial charge in [-0.05, 0) is 30.5 Å². The molecule has 0 saturated heterocycles. The monoisotopic (exact) mass is 581 g/mol.